The molecule has 2 unspecified atom stereocenters. The summed E-state index contributed by atoms with van der Waals surface area (Å²) in [6.45, 7) is 6.23. The summed E-state index contributed by atoms with van der Waals surface area (Å²) in [7, 11) is 0. The largest absolute Gasteiger partial charge is 0.296 e. The Morgan fingerprint density at radius 3 is 2.40 bits per heavy atom. The Bertz CT molecular complexity index is 506. The fourth-order valence-electron chi connectivity index (χ4n) is 3.45. The Labute approximate surface area is 120 Å². The highest BCUT2D eigenvalue weighted by atomic mass is 16.2. The number of amides is 2. The molecule has 2 rings (SSSR count). The van der Waals surface area contributed by atoms with E-state index in [0.717, 1.165) is 24.8 Å². The van der Waals surface area contributed by atoms with Gasteiger partial charge in [-0.1, -0.05) is 50.1 Å². The van der Waals surface area contributed by atoms with Crippen LogP contribution >= 0.6 is 0 Å². The summed E-state index contributed by atoms with van der Waals surface area (Å²) in [5, 5.41) is 2.51. The summed E-state index contributed by atoms with van der Waals surface area (Å²) >= 11 is 0. The molecule has 2 amide bonds. The van der Waals surface area contributed by atoms with Crippen LogP contribution in [-0.2, 0) is 9.59 Å². The fraction of sp³-hybridized carbons (Fsp3) is 0.529. The molecule has 0 aromatic heterocycles. The normalized spacial score (nSPS) is 26.4. The molecule has 3 heteroatoms. The van der Waals surface area contributed by atoms with Crippen LogP contribution in [0, 0.1) is 12.3 Å². The number of hydrogen-bond acceptors (Lipinski definition) is 2. The minimum Gasteiger partial charge on any atom is -0.296 e. The quantitative estimate of drug-likeness (QED) is 0.855. The summed E-state index contributed by atoms with van der Waals surface area (Å²) in [5.74, 6) is -0.486. The number of rotatable bonds is 4. The van der Waals surface area contributed by atoms with Crippen LogP contribution in [0.3, 0.4) is 0 Å². The van der Waals surface area contributed by atoms with Crippen molar-refractivity contribution in [3.63, 3.8) is 0 Å². The summed E-state index contributed by atoms with van der Waals surface area (Å²) in [4.78, 5) is 24.2. The van der Waals surface area contributed by atoms with E-state index in [9.17, 15) is 9.59 Å². The monoisotopic (exact) mass is 273 g/mol. The molecule has 1 N–H and O–H groups in total. The van der Waals surface area contributed by atoms with E-state index in [1.165, 1.54) is 5.56 Å². The van der Waals surface area contributed by atoms with Gasteiger partial charge in [-0.05, 0) is 30.7 Å². The van der Waals surface area contributed by atoms with Gasteiger partial charge in [0.05, 0.1) is 5.92 Å². The molecule has 0 radical (unpaired) electrons. The van der Waals surface area contributed by atoms with E-state index in [1.807, 2.05) is 31.2 Å². The molecule has 1 aliphatic rings. The molecule has 0 bridgehead atoms. The van der Waals surface area contributed by atoms with E-state index in [1.54, 1.807) is 0 Å². The maximum absolute atomic E-state index is 12.4. The molecule has 1 aromatic rings. The number of carbonyl (C=O) groups excluding carboxylic acids is 2. The Balaban J connectivity index is 2.46. The van der Waals surface area contributed by atoms with Gasteiger partial charge in [0.15, 0.2) is 0 Å². The average molecular weight is 273 g/mol. The molecular formula is C17H23NO2. The molecule has 0 aliphatic carbocycles. The molecule has 1 saturated heterocycles. The highest BCUT2D eigenvalue weighted by Gasteiger charge is 2.47. The van der Waals surface area contributed by atoms with Gasteiger partial charge < -0.3 is 0 Å². The van der Waals surface area contributed by atoms with Crippen molar-refractivity contribution in [1.29, 1.82) is 0 Å². The molecule has 0 saturated carbocycles. The minimum absolute atomic E-state index is 0.131. The van der Waals surface area contributed by atoms with Crippen LogP contribution in [0.15, 0.2) is 24.3 Å². The number of aryl methyl sites for hydroxylation is 1. The zero-order valence-electron chi connectivity index (χ0n) is 12.5. The minimum atomic E-state index is -0.233. The third kappa shape index (κ3) is 2.62. The van der Waals surface area contributed by atoms with Gasteiger partial charge in [-0.2, -0.15) is 0 Å². The summed E-state index contributed by atoms with van der Waals surface area (Å²) in [6, 6.07) is 8.11. The smallest absolute Gasteiger partial charge is 0.234 e. The summed E-state index contributed by atoms with van der Waals surface area (Å²) in [5.41, 5.74) is 1.97. The number of piperidine rings is 1. The number of nitrogens with one attached hydrogen (secondary N) is 1. The van der Waals surface area contributed by atoms with E-state index in [-0.39, 0.29) is 23.1 Å². The molecular weight excluding hydrogens is 250 g/mol. The van der Waals surface area contributed by atoms with Gasteiger partial charge in [-0.3, -0.25) is 14.9 Å². The van der Waals surface area contributed by atoms with Crippen LogP contribution in [0.25, 0.3) is 0 Å². The third-order valence-corrected chi connectivity index (χ3v) is 4.51. The second-order valence-electron chi connectivity index (χ2n) is 5.90. The van der Waals surface area contributed by atoms with Crippen LogP contribution < -0.4 is 5.32 Å². The lowest BCUT2D eigenvalue weighted by Gasteiger charge is -2.42. The fourth-order valence-corrected chi connectivity index (χ4v) is 3.45. The van der Waals surface area contributed by atoms with Crippen molar-refractivity contribution in [2.45, 2.75) is 52.4 Å². The van der Waals surface area contributed by atoms with Crippen LogP contribution in [0.1, 0.15) is 56.6 Å². The zero-order chi connectivity index (χ0) is 14.8. The summed E-state index contributed by atoms with van der Waals surface area (Å²) in [6.07, 6.45) is 3.18. The molecule has 3 nitrogen and oxygen atoms in total. The third-order valence-electron chi connectivity index (χ3n) is 4.51. The highest BCUT2D eigenvalue weighted by molar-refractivity contribution is 6.02. The molecule has 20 heavy (non-hydrogen) atoms. The first-order valence-electron chi connectivity index (χ1n) is 7.42. The van der Waals surface area contributed by atoms with Gasteiger partial charge >= 0.3 is 0 Å². The lowest BCUT2D eigenvalue weighted by Crippen LogP contribution is -2.50. The van der Waals surface area contributed by atoms with Gasteiger partial charge in [0.1, 0.15) is 0 Å². The second kappa shape index (κ2) is 5.78. The van der Waals surface area contributed by atoms with E-state index >= 15 is 0 Å². The lowest BCUT2D eigenvalue weighted by atomic mass is 9.63. The Morgan fingerprint density at radius 1 is 1.20 bits per heavy atom. The van der Waals surface area contributed by atoms with E-state index in [4.69, 9.17) is 0 Å². The zero-order valence-corrected chi connectivity index (χ0v) is 12.5. The van der Waals surface area contributed by atoms with E-state index in [0.29, 0.717) is 6.42 Å². The second-order valence-corrected chi connectivity index (χ2v) is 5.90. The van der Waals surface area contributed by atoms with Crippen LogP contribution in [-0.4, -0.2) is 11.8 Å². The Hall–Kier alpha value is -1.64. The SMILES string of the molecule is CCCC1(CC)CC(=O)NC(=O)C1c1ccc(C)cc1. The Kier molecular flexibility index (Phi) is 4.26. The molecule has 108 valence electrons. The number of carbonyl (C=O) groups is 2. The Morgan fingerprint density at radius 2 is 1.85 bits per heavy atom. The maximum Gasteiger partial charge on any atom is 0.234 e. The van der Waals surface area contributed by atoms with Gasteiger partial charge in [0.2, 0.25) is 11.8 Å². The number of imide groups is 1. The lowest BCUT2D eigenvalue weighted by molar-refractivity contribution is -0.140. The van der Waals surface area contributed by atoms with Gasteiger partial charge in [-0.15, -0.1) is 0 Å². The number of benzene rings is 1. The van der Waals surface area contributed by atoms with Gasteiger partial charge in [0, 0.05) is 6.42 Å². The molecule has 1 fully saturated rings. The van der Waals surface area contributed by atoms with E-state index in [2.05, 4.69) is 19.2 Å². The number of hydrogen-bond donors (Lipinski definition) is 1. The molecule has 1 aromatic carbocycles. The molecule has 2 atom stereocenters. The van der Waals surface area contributed by atoms with Gasteiger partial charge in [-0.25, -0.2) is 0 Å². The van der Waals surface area contributed by atoms with Crippen molar-refractivity contribution < 1.29 is 9.59 Å². The van der Waals surface area contributed by atoms with E-state index < -0.39 is 0 Å². The topological polar surface area (TPSA) is 46.2 Å². The van der Waals surface area contributed by atoms with Crippen molar-refractivity contribution in [2.75, 3.05) is 0 Å². The van der Waals surface area contributed by atoms with Crippen molar-refractivity contribution in [2.24, 2.45) is 5.41 Å². The van der Waals surface area contributed by atoms with Crippen molar-refractivity contribution in [3.8, 4) is 0 Å². The van der Waals surface area contributed by atoms with Crippen LogP contribution in [0.4, 0.5) is 0 Å². The average Bonchev–Trinajstić information content (AvgIpc) is 2.40. The van der Waals surface area contributed by atoms with Crippen LogP contribution in [0.5, 0.6) is 0 Å². The first-order chi connectivity index (χ1) is 9.52. The van der Waals surface area contributed by atoms with Crippen molar-refractivity contribution in [3.05, 3.63) is 35.4 Å². The molecule has 1 heterocycles. The predicted molar refractivity (Wildman–Crippen MR) is 79.3 cm³/mol. The first-order valence-corrected chi connectivity index (χ1v) is 7.42. The van der Waals surface area contributed by atoms with Gasteiger partial charge in [0.25, 0.3) is 0 Å². The standard InChI is InChI=1S/C17H23NO2/c1-4-10-17(5-2)11-14(19)18-16(20)15(17)13-8-6-12(3)7-9-13/h6-9,15H,4-5,10-11H2,1-3H3,(H,18,19,20). The predicted octanol–water partition coefficient (Wildman–Crippen LogP) is 3.32. The maximum atomic E-state index is 12.4. The van der Waals surface area contributed by atoms with Crippen LogP contribution in [0.2, 0.25) is 0 Å². The summed E-state index contributed by atoms with van der Waals surface area (Å²) < 4.78 is 0. The first kappa shape index (κ1) is 14.8. The highest BCUT2D eigenvalue weighted by Crippen LogP contribution is 2.47. The molecule has 0 spiro atoms. The molecule has 1 aliphatic heterocycles. The van der Waals surface area contributed by atoms with Crippen molar-refractivity contribution in [1.82, 2.24) is 5.32 Å². The van der Waals surface area contributed by atoms with Crippen molar-refractivity contribution >= 4 is 11.8 Å².